The van der Waals surface area contributed by atoms with Gasteiger partial charge in [-0.15, -0.1) is 0 Å². The van der Waals surface area contributed by atoms with Gasteiger partial charge in [-0.25, -0.2) is 0 Å². The molecule has 0 aliphatic carbocycles. The van der Waals surface area contributed by atoms with Gasteiger partial charge >= 0.3 is 0 Å². The fourth-order valence-electron chi connectivity index (χ4n) is 6.24. The zero-order valence-corrected chi connectivity index (χ0v) is 23.9. The van der Waals surface area contributed by atoms with Crippen LogP contribution in [0.15, 0.2) is 110 Å². The highest BCUT2D eigenvalue weighted by molar-refractivity contribution is 6.16. The van der Waals surface area contributed by atoms with Crippen molar-refractivity contribution in [3.63, 3.8) is 0 Å². The summed E-state index contributed by atoms with van der Waals surface area (Å²) in [4.78, 5) is 0. The highest BCUT2D eigenvalue weighted by atomic mass is 16.7. The largest absolute Gasteiger partial charge is 0.490 e. The molecule has 0 spiro atoms. The molecule has 216 valence electrons. The van der Waals surface area contributed by atoms with Crippen LogP contribution in [0, 0.1) is 0 Å². The van der Waals surface area contributed by atoms with Crippen LogP contribution in [0.3, 0.4) is 0 Å². The van der Waals surface area contributed by atoms with Crippen molar-refractivity contribution in [2.45, 2.75) is 0 Å². The van der Waals surface area contributed by atoms with Gasteiger partial charge in [0.1, 0.15) is 47.7 Å². The molecule has 0 aromatic heterocycles. The second-order valence-corrected chi connectivity index (χ2v) is 10.6. The maximum absolute atomic E-state index is 6.20. The summed E-state index contributed by atoms with van der Waals surface area (Å²) in [6.07, 6.45) is 3.48. The Morgan fingerprint density at radius 2 is 0.841 bits per heavy atom. The molecule has 2 aliphatic rings. The fraction of sp³-hybridized carbons (Fsp3) is 0.105. The van der Waals surface area contributed by atoms with Gasteiger partial charge in [-0.2, -0.15) is 0 Å². The van der Waals surface area contributed by atoms with Crippen LogP contribution in [0.2, 0.25) is 0 Å². The smallest absolute Gasteiger partial charge is 0.230 e. The Bertz CT molecular complexity index is 1980. The maximum atomic E-state index is 6.20. The second kappa shape index (κ2) is 10.6. The fourth-order valence-corrected chi connectivity index (χ4v) is 6.24. The number of ether oxygens (including phenoxy) is 6. The monoisotopic (exact) mass is 580 g/mol. The van der Waals surface area contributed by atoms with E-state index < -0.39 is 0 Å². The van der Waals surface area contributed by atoms with Gasteiger partial charge in [-0.3, -0.25) is 0 Å². The van der Waals surface area contributed by atoms with E-state index >= 15 is 0 Å². The van der Waals surface area contributed by atoms with Crippen molar-refractivity contribution in [3.05, 3.63) is 110 Å². The number of fused-ring (bicyclic) bond motifs is 13. The third-order valence-corrected chi connectivity index (χ3v) is 8.13. The third kappa shape index (κ3) is 4.18. The lowest BCUT2D eigenvalue weighted by atomic mass is 9.87. The lowest BCUT2D eigenvalue weighted by Gasteiger charge is -2.18. The first-order valence-electron chi connectivity index (χ1n) is 14.5. The summed E-state index contributed by atoms with van der Waals surface area (Å²) in [6.45, 7) is 8.62. The molecule has 6 nitrogen and oxygen atoms in total. The molecule has 6 aromatic carbocycles. The molecule has 0 unspecified atom stereocenters. The summed E-state index contributed by atoms with van der Waals surface area (Å²) in [5.74, 6) is 4.48. The minimum absolute atomic E-state index is 0.104. The van der Waals surface area contributed by atoms with Crippen LogP contribution in [0.4, 0.5) is 0 Å². The predicted molar refractivity (Wildman–Crippen MR) is 173 cm³/mol. The van der Waals surface area contributed by atoms with Gasteiger partial charge in [0, 0.05) is 22.3 Å². The van der Waals surface area contributed by atoms with Crippen LogP contribution in [-0.2, 0) is 0 Å². The number of hydrogen-bond donors (Lipinski definition) is 0. The SMILES string of the molecule is C=CCOc1ccc2ccc3c(c2c1)-c1c(ccc2c4c(ccc12)OCOc1ccc2ccc(OCC=C)cc2c1-4)OCO3. The van der Waals surface area contributed by atoms with Crippen LogP contribution in [-0.4, -0.2) is 26.8 Å². The summed E-state index contributed by atoms with van der Waals surface area (Å²) in [6, 6.07) is 28.6. The first-order valence-corrected chi connectivity index (χ1v) is 14.5. The molecule has 2 aliphatic heterocycles. The molecule has 2 heterocycles. The Labute approximate surface area is 254 Å². The Morgan fingerprint density at radius 3 is 1.25 bits per heavy atom. The van der Waals surface area contributed by atoms with Crippen molar-refractivity contribution < 1.29 is 28.4 Å². The van der Waals surface area contributed by atoms with Crippen molar-refractivity contribution in [2.75, 3.05) is 26.8 Å². The lowest BCUT2D eigenvalue weighted by Crippen LogP contribution is -2.03. The zero-order chi connectivity index (χ0) is 29.6. The van der Waals surface area contributed by atoms with Crippen LogP contribution in [0.1, 0.15) is 0 Å². The molecule has 8 rings (SSSR count). The van der Waals surface area contributed by atoms with E-state index in [-0.39, 0.29) is 13.6 Å². The van der Waals surface area contributed by atoms with E-state index in [9.17, 15) is 0 Å². The molecule has 0 saturated heterocycles. The van der Waals surface area contributed by atoms with E-state index in [0.717, 1.165) is 89.1 Å². The summed E-state index contributed by atoms with van der Waals surface area (Å²) in [5.41, 5.74) is 3.81. The molecule has 0 bridgehead atoms. The van der Waals surface area contributed by atoms with Crippen molar-refractivity contribution in [1.82, 2.24) is 0 Å². The Kier molecular flexibility index (Phi) is 6.26. The summed E-state index contributed by atoms with van der Waals surface area (Å²) in [5, 5.41) is 6.16. The van der Waals surface area contributed by atoms with Gasteiger partial charge in [0.2, 0.25) is 13.6 Å². The van der Waals surface area contributed by atoms with Gasteiger partial charge in [0.05, 0.1) is 0 Å². The molecule has 44 heavy (non-hydrogen) atoms. The van der Waals surface area contributed by atoms with Crippen molar-refractivity contribution in [1.29, 1.82) is 0 Å². The van der Waals surface area contributed by atoms with Gasteiger partial charge in [0.25, 0.3) is 0 Å². The van der Waals surface area contributed by atoms with E-state index in [0.29, 0.717) is 13.2 Å². The molecule has 0 amide bonds. The first kappa shape index (κ1) is 26.0. The lowest BCUT2D eigenvalue weighted by molar-refractivity contribution is 0.124. The van der Waals surface area contributed by atoms with E-state index in [4.69, 9.17) is 28.4 Å². The van der Waals surface area contributed by atoms with Crippen molar-refractivity contribution in [2.24, 2.45) is 0 Å². The number of hydrogen-bond acceptors (Lipinski definition) is 6. The standard InChI is InChI=1S/C38H28O6/c1-3-17-39-25-9-5-23-7-13-31-37(29(23)19-25)35-27-11-16-34-36(28(27)12-15-33(35)43-21-41-31)38-30-20-26(40-18-4-2)10-6-24(30)8-14-32(38)42-22-44-34/h3-16,19-20H,1-2,17-18,21-22H2. The molecule has 0 fully saturated rings. The van der Waals surface area contributed by atoms with Crippen LogP contribution < -0.4 is 28.4 Å². The van der Waals surface area contributed by atoms with Gasteiger partial charge in [0.15, 0.2) is 0 Å². The Balaban J connectivity index is 1.44. The van der Waals surface area contributed by atoms with E-state index in [2.05, 4.69) is 61.7 Å². The topological polar surface area (TPSA) is 55.4 Å². The zero-order valence-electron chi connectivity index (χ0n) is 23.9. The van der Waals surface area contributed by atoms with Crippen LogP contribution in [0.25, 0.3) is 54.6 Å². The van der Waals surface area contributed by atoms with Crippen LogP contribution in [0.5, 0.6) is 34.5 Å². The Morgan fingerprint density at radius 1 is 0.477 bits per heavy atom. The van der Waals surface area contributed by atoms with Gasteiger partial charge in [-0.05, 0) is 93.0 Å². The minimum atomic E-state index is 0.104. The minimum Gasteiger partial charge on any atom is -0.490 e. The van der Waals surface area contributed by atoms with E-state index in [1.165, 1.54) is 0 Å². The molecule has 0 atom stereocenters. The molecule has 6 aromatic rings. The Hall–Kier alpha value is -5.62. The van der Waals surface area contributed by atoms with Gasteiger partial charge < -0.3 is 28.4 Å². The third-order valence-electron chi connectivity index (χ3n) is 8.13. The normalized spacial score (nSPS) is 13.0. The van der Waals surface area contributed by atoms with Crippen molar-refractivity contribution >= 4 is 32.3 Å². The summed E-state index contributed by atoms with van der Waals surface area (Å²) < 4.78 is 36.6. The average molecular weight is 581 g/mol. The van der Waals surface area contributed by atoms with Crippen LogP contribution >= 0.6 is 0 Å². The molecular weight excluding hydrogens is 552 g/mol. The summed E-state index contributed by atoms with van der Waals surface area (Å²) >= 11 is 0. The highest BCUT2D eigenvalue weighted by Gasteiger charge is 2.27. The van der Waals surface area contributed by atoms with E-state index in [1.807, 2.05) is 36.4 Å². The van der Waals surface area contributed by atoms with Gasteiger partial charge in [-0.1, -0.05) is 49.6 Å². The summed E-state index contributed by atoms with van der Waals surface area (Å²) in [7, 11) is 0. The average Bonchev–Trinajstić information content (AvgIpc) is 3.38. The van der Waals surface area contributed by atoms with Crippen molar-refractivity contribution in [3.8, 4) is 56.8 Å². The number of benzene rings is 6. The molecule has 0 radical (unpaired) electrons. The highest BCUT2D eigenvalue weighted by Crippen LogP contribution is 2.52. The molecule has 0 saturated carbocycles. The molecule has 0 N–H and O–H groups in total. The maximum Gasteiger partial charge on any atom is 0.230 e. The van der Waals surface area contributed by atoms with E-state index in [1.54, 1.807) is 12.2 Å². The first-order chi connectivity index (χ1) is 21.7. The molecular formula is C38H28O6. The predicted octanol–water partition coefficient (Wildman–Crippen LogP) is 9.07. The molecule has 6 heteroatoms. The second-order valence-electron chi connectivity index (χ2n) is 10.6. The quantitative estimate of drug-likeness (QED) is 0.183. The number of rotatable bonds is 6.